The van der Waals surface area contributed by atoms with Crippen LogP contribution >= 0.6 is 11.3 Å². The Bertz CT molecular complexity index is 1020. The molecule has 2 aliphatic rings. The number of aromatic nitrogens is 3. The zero-order valence-electron chi connectivity index (χ0n) is 18.3. The van der Waals surface area contributed by atoms with Crippen LogP contribution in [0, 0.1) is 20.8 Å². The molecule has 5 rings (SSSR count). The molecule has 0 bridgehead atoms. The van der Waals surface area contributed by atoms with Crippen molar-refractivity contribution in [1.82, 2.24) is 19.9 Å². The Morgan fingerprint density at radius 3 is 2.50 bits per heavy atom. The Morgan fingerprint density at radius 2 is 1.73 bits per heavy atom. The summed E-state index contributed by atoms with van der Waals surface area (Å²) in [5.41, 5.74) is 4.75. The molecule has 0 saturated carbocycles. The van der Waals surface area contributed by atoms with E-state index in [1.54, 1.807) is 0 Å². The van der Waals surface area contributed by atoms with Crippen LogP contribution in [0.1, 0.15) is 60.0 Å². The van der Waals surface area contributed by atoms with E-state index in [2.05, 4.69) is 53.1 Å². The number of anilines is 1. The molecule has 2 saturated heterocycles. The highest BCUT2D eigenvalue weighted by molar-refractivity contribution is 7.09. The molecule has 3 aromatic rings. The molecule has 158 valence electrons. The van der Waals surface area contributed by atoms with E-state index in [1.807, 2.05) is 17.5 Å². The number of benzene rings is 1. The third-order valence-electron chi connectivity index (χ3n) is 6.99. The number of aryl methyl sites for hydroxylation is 3. The van der Waals surface area contributed by atoms with Gasteiger partial charge >= 0.3 is 0 Å². The lowest BCUT2D eigenvalue weighted by atomic mass is 9.95. The predicted octanol–water partition coefficient (Wildman–Crippen LogP) is 5.21. The molecule has 1 unspecified atom stereocenters. The van der Waals surface area contributed by atoms with Crippen LogP contribution in [-0.4, -0.2) is 45.5 Å². The number of thiazole rings is 1. The molecule has 30 heavy (non-hydrogen) atoms. The van der Waals surface area contributed by atoms with Crippen molar-refractivity contribution in [2.75, 3.05) is 24.5 Å². The van der Waals surface area contributed by atoms with Crippen molar-refractivity contribution in [3.63, 3.8) is 0 Å². The second kappa shape index (κ2) is 8.23. The zero-order chi connectivity index (χ0) is 20.7. The molecule has 5 nitrogen and oxygen atoms in total. The number of likely N-dealkylation sites (tertiary alicyclic amines) is 1. The first-order valence-electron chi connectivity index (χ1n) is 11.3. The molecule has 2 aromatic heterocycles. The van der Waals surface area contributed by atoms with Crippen molar-refractivity contribution < 1.29 is 0 Å². The first-order valence-corrected chi connectivity index (χ1v) is 12.1. The molecule has 6 heteroatoms. The molecular formula is C24H31N5S. The molecule has 1 atom stereocenters. The van der Waals surface area contributed by atoms with Crippen molar-refractivity contribution in [2.45, 2.75) is 65.0 Å². The number of hydrogen-bond donors (Lipinski definition) is 0. The lowest BCUT2D eigenvalue weighted by molar-refractivity contribution is 0.0793. The van der Waals surface area contributed by atoms with E-state index in [9.17, 15) is 0 Å². The Balaban J connectivity index is 1.32. The summed E-state index contributed by atoms with van der Waals surface area (Å²) in [7, 11) is 0. The summed E-state index contributed by atoms with van der Waals surface area (Å²) >= 11 is 1.82. The Hall–Kier alpha value is -2.05. The normalized spacial score (nSPS) is 21.4. The van der Waals surface area contributed by atoms with E-state index in [1.165, 1.54) is 60.2 Å². The van der Waals surface area contributed by atoms with Crippen LogP contribution in [0.4, 0.5) is 5.95 Å². The fourth-order valence-corrected chi connectivity index (χ4v) is 5.91. The molecular weight excluding hydrogens is 390 g/mol. The van der Waals surface area contributed by atoms with Gasteiger partial charge in [-0.15, -0.1) is 11.3 Å². The molecule has 0 radical (unpaired) electrons. The number of piperidine rings is 2. The maximum atomic E-state index is 4.95. The van der Waals surface area contributed by atoms with Gasteiger partial charge in [0, 0.05) is 36.1 Å². The van der Waals surface area contributed by atoms with Gasteiger partial charge in [-0.2, -0.15) is 0 Å². The third-order valence-corrected chi connectivity index (χ3v) is 7.86. The lowest BCUT2D eigenvalue weighted by Gasteiger charge is -2.44. The average molecular weight is 422 g/mol. The maximum Gasteiger partial charge on any atom is 0.226 e. The topological polar surface area (TPSA) is 45.2 Å². The number of rotatable bonds is 3. The van der Waals surface area contributed by atoms with Gasteiger partial charge in [0.1, 0.15) is 5.01 Å². The minimum absolute atomic E-state index is 0.515. The maximum absolute atomic E-state index is 4.95. The standard InChI is InChI=1S/C24H31N5S/c1-16-14-20-18(3)26-24(27-21(20)15-17(16)2)28-11-7-19(8-12-28)29-10-5-4-6-22(29)23-25-9-13-30-23/h9,13-15,19,22H,4-8,10-12H2,1-3H3. The molecule has 0 amide bonds. The molecule has 0 aliphatic carbocycles. The van der Waals surface area contributed by atoms with Gasteiger partial charge in [-0.05, 0) is 76.3 Å². The number of fused-ring (bicyclic) bond motifs is 1. The Kier molecular flexibility index (Phi) is 5.46. The Labute approximate surface area is 183 Å². The first kappa shape index (κ1) is 19.9. The number of nitrogens with zero attached hydrogens (tertiary/aromatic N) is 5. The highest BCUT2D eigenvalue weighted by atomic mass is 32.1. The van der Waals surface area contributed by atoms with E-state index >= 15 is 0 Å². The molecule has 4 heterocycles. The van der Waals surface area contributed by atoms with E-state index in [4.69, 9.17) is 9.97 Å². The largest absolute Gasteiger partial charge is 0.341 e. The molecule has 1 aromatic carbocycles. The van der Waals surface area contributed by atoms with Gasteiger partial charge in [0.15, 0.2) is 0 Å². The minimum Gasteiger partial charge on any atom is -0.341 e. The van der Waals surface area contributed by atoms with Crippen molar-refractivity contribution in [2.24, 2.45) is 0 Å². The fraction of sp³-hybridized carbons (Fsp3) is 0.542. The van der Waals surface area contributed by atoms with Crippen molar-refractivity contribution >= 4 is 28.2 Å². The summed E-state index contributed by atoms with van der Waals surface area (Å²) in [5, 5.41) is 4.60. The van der Waals surface area contributed by atoms with Crippen LogP contribution in [-0.2, 0) is 0 Å². The van der Waals surface area contributed by atoms with Crippen molar-refractivity contribution in [3.8, 4) is 0 Å². The minimum atomic E-state index is 0.515. The fourth-order valence-electron chi connectivity index (χ4n) is 5.12. The van der Waals surface area contributed by atoms with Crippen LogP contribution in [0.25, 0.3) is 10.9 Å². The predicted molar refractivity (Wildman–Crippen MR) is 124 cm³/mol. The van der Waals surface area contributed by atoms with E-state index in [0.717, 1.165) is 30.2 Å². The highest BCUT2D eigenvalue weighted by Gasteiger charge is 2.33. The molecule has 0 spiro atoms. The summed E-state index contributed by atoms with van der Waals surface area (Å²) in [6.45, 7) is 9.70. The summed E-state index contributed by atoms with van der Waals surface area (Å²) in [5.74, 6) is 0.900. The van der Waals surface area contributed by atoms with Crippen LogP contribution in [0.15, 0.2) is 23.7 Å². The van der Waals surface area contributed by atoms with Gasteiger partial charge in [0.05, 0.1) is 17.3 Å². The molecule has 0 N–H and O–H groups in total. The Morgan fingerprint density at radius 1 is 0.933 bits per heavy atom. The highest BCUT2D eigenvalue weighted by Crippen LogP contribution is 2.36. The second-order valence-electron chi connectivity index (χ2n) is 8.90. The summed E-state index contributed by atoms with van der Waals surface area (Å²) < 4.78 is 0. The van der Waals surface area contributed by atoms with E-state index in [-0.39, 0.29) is 0 Å². The summed E-state index contributed by atoms with van der Waals surface area (Å²) in [6.07, 6.45) is 8.19. The smallest absolute Gasteiger partial charge is 0.226 e. The van der Waals surface area contributed by atoms with Crippen molar-refractivity contribution in [3.05, 3.63) is 45.5 Å². The van der Waals surface area contributed by atoms with Gasteiger partial charge in [-0.3, -0.25) is 4.90 Å². The monoisotopic (exact) mass is 421 g/mol. The van der Waals surface area contributed by atoms with Gasteiger partial charge < -0.3 is 4.90 Å². The van der Waals surface area contributed by atoms with Crippen LogP contribution in [0.3, 0.4) is 0 Å². The lowest BCUT2D eigenvalue weighted by Crippen LogP contribution is -2.48. The van der Waals surface area contributed by atoms with Crippen molar-refractivity contribution in [1.29, 1.82) is 0 Å². The average Bonchev–Trinajstić information content (AvgIpc) is 3.30. The summed E-state index contributed by atoms with van der Waals surface area (Å²) in [6, 6.07) is 5.59. The molecule has 2 aliphatic heterocycles. The summed E-state index contributed by atoms with van der Waals surface area (Å²) in [4.78, 5) is 19.6. The van der Waals surface area contributed by atoms with Crippen LogP contribution < -0.4 is 4.90 Å². The van der Waals surface area contributed by atoms with Gasteiger partial charge in [-0.25, -0.2) is 15.0 Å². The second-order valence-corrected chi connectivity index (χ2v) is 9.83. The van der Waals surface area contributed by atoms with Crippen LogP contribution in [0.5, 0.6) is 0 Å². The van der Waals surface area contributed by atoms with Crippen LogP contribution in [0.2, 0.25) is 0 Å². The number of hydrogen-bond acceptors (Lipinski definition) is 6. The van der Waals surface area contributed by atoms with E-state index < -0.39 is 0 Å². The van der Waals surface area contributed by atoms with Gasteiger partial charge in [0.2, 0.25) is 5.95 Å². The first-order chi connectivity index (χ1) is 14.6. The SMILES string of the molecule is Cc1cc2nc(N3CCC(N4CCCCC4c4nccs4)CC3)nc(C)c2cc1C. The zero-order valence-corrected chi connectivity index (χ0v) is 19.1. The van der Waals surface area contributed by atoms with Gasteiger partial charge in [-0.1, -0.05) is 6.42 Å². The van der Waals surface area contributed by atoms with Gasteiger partial charge in [0.25, 0.3) is 0 Å². The van der Waals surface area contributed by atoms with E-state index in [0.29, 0.717) is 12.1 Å². The molecule has 2 fully saturated rings. The quantitative estimate of drug-likeness (QED) is 0.581. The third kappa shape index (κ3) is 3.71.